The number of hydrogen-bond donors (Lipinski definition) is 1. The van der Waals surface area contributed by atoms with Crippen molar-refractivity contribution < 1.29 is 14.3 Å². The molecular formula is C20H23N3O3. The van der Waals surface area contributed by atoms with Gasteiger partial charge in [-0.15, -0.1) is 0 Å². The van der Waals surface area contributed by atoms with Crippen LogP contribution in [0.1, 0.15) is 42.3 Å². The largest absolute Gasteiger partial charge is 0.486 e. The van der Waals surface area contributed by atoms with Crippen molar-refractivity contribution in [2.24, 2.45) is 18.9 Å². The highest BCUT2D eigenvalue weighted by Crippen LogP contribution is 2.49. The molecule has 3 unspecified atom stereocenters. The number of aromatic nitrogens is 2. The van der Waals surface area contributed by atoms with Gasteiger partial charge in [0.15, 0.2) is 11.5 Å². The summed E-state index contributed by atoms with van der Waals surface area (Å²) in [5.74, 6) is 2.64. The lowest BCUT2D eigenvalue weighted by atomic mass is 10.0. The van der Waals surface area contributed by atoms with Crippen LogP contribution in [0.15, 0.2) is 30.6 Å². The minimum atomic E-state index is 0.0634. The van der Waals surface area contributed by atoms with Crippen molar-refractivity contribution in [1.82, 2.24) is 15.1 Å². The molecule has 3 aliphatic rings. The smallest absolute Gasteiger partial charge is 0.224 e. The molecule has 2 aliphatic carbocycles. The molecule has 0 bridgehead atoms. The molecule has 0 spiro atoms. The second-order valence-corrected chi connectivity index (χ2v) is 7.62. The topological polar surface area (TPSA) is 65.4 Å². The van der Waals surface area contributed by atoms with Crippen molar-refractivity contribution in [3.63, 3.8) is 0 Å². The summed E-state index contributed by atoms with van der Waals surface area (Å²) in [6, 6.07) is 6.11. The number of nitrogens with zero attached hydrogens (tertiary/aromatic N) is 2. The summed E-state index contributed by atoms with van der Waals surface area (Å²) >= 11 is 0. The van der Waals surface area contributed by atoms with Gasteiger partial charge in [-0.25, -0.2) is 0 Å². The van der Waals surface area contributed by atoms with Gasteiger partial charge in [-0.05, 0) is 54.4 Å². The number of ether oxygens (including phenoxy) is 2. The number of nitrogens with one attached hydrogen (secondary N) is 1. The maximum atomic E-state index is 12.8. The summed E-state index contributed by atoms with van der Waals surface area (Å²) in [6.45, 7) is 1.17. The van der Waals surface area contributed by atoms with Gasteiger partial charge >= 0.3 is 0 Å². The molecule has 2 saturated carbocycles. The van der Waals surface area contributed by atoms with Gasteiger partial charge in [-0.3, -0.25) is 9.48 Å². The first-order chi connectivity index (χ1) is 12.7. The predicted molar refractivity (Wildman–Crippen MR) is 95.1 cm³/mol. The van der Waals surface area contributed by atoms with E-state index in [1.165, 1.54) is 0 Å². The van der Waals surface area contributed by atoms with E-state index >= 15 is 0 Å². The Bertz CT molecular complexity index is 843. The van der Waals surface area contributed by atoms with Crippen LogP contribution in [0.4, 0.5) is 0 Å². The fraction of sp³-hybridized carbons (Fsp3) is 0.500. The van der Waals surface area contributed by atoms with Gasteiger partial charge in [0.2, 0.25) is 5.91 Å². The first kappa shape index (κ1) is 15.7. The second-order valence-electron chi connectivity index (χ2n) is 7.62. The van der Waals surface area contributed by atoms with Crippen molar-refractivity contribution in [1.29, 1.82) is 0 Å². The predicted octanol–water partition coefficient (Wildman–Crippen LogP) is 2.56. The van der Waals surface area contributed by atoms with Crippen LogP contribution in [0.3, 0.4) is 0 Å². The molecule has 2 heterocycles. The fourth-order valence-corrected chi connectivity index (χ4v) is 3.90. The van der Waals surface area contributed by atoms with Crippen LogP contribution in [0.2, 0.25) is 0 Å². The normalized spacial score (nSPS) is 24.8. The summed E-state index contributed by atoms with van der Waals surface area (Å²) in [5, 5.41) is 7.53. The van der Waals surface area contributed by atoms with Crippen molar-refractivity contribution in [2.45, 2.75) is 31.2 Å². The molecule has 136 valence electrons. The summed E-state index contributed by atoms with van der Waals surface area (Å²) in [5.41, 5.74) is 2.28. The van der Waals surface area contributed by atoms with Crippen LogP contribution in [-0.4, -0.2) is 28.9 Å². The molecule has 1 aromatic heterocycles. The molecule has 2 fully saturated rings. The molecule has 26 heavy (non-hydrogen) atoms. The lowest BCUT2D eigenvalue weighted by molar-refractivity contribution is -0.123. The van der Waals surface area contributed by atoms with Crippen LogP contribution in [0.5, 0.6) is 11.5 Å². The Morgan fingerprint density at radius 3 is 2.81 bits per heavy atom. The average Bonchev–Trinajstić information content (AvgIpc) is 3.58. The van der Waals surface area contributed by atoms with Crippen molar-refractivity contribution >= 4 is 5.91 Å². The standard InChI is InChI=1S/C20H23N3O3/c1-23-11-14(10-21-23)15-9-16(15)20(24)22-19(12-2-3-12)13-4-5-17-18(8-13)26-7-6-25-17/h4-5,8,10-12,15-16,19H,2-3,6-7,9H2,1H3,(H,22,24). The van der Waals surface area contributed by atoms with E-state index in [1.807, 2.05) is 31.6 Å². The first-order valence-electron chi connectivity index (χ1n) is 9.37. The molecule has 0 saturated heterocycles. The molecule has 3 atom stereocenters. The van der Waals surface area contributed by atoms with Crippen molar-refractivity contribution in [3.8, 4) is 11.5 Å². The lowest BCUT2D eigenvalue weighted by Crippen LogP contribution is -2.31. The minimum absolute atomic E-state index is 0.0634. The van der Waals surface area contributed by atoms with E-state index in [0.717, 1.165) is 41.9 Å². The molecule has 1 amide bonds. The lowest BCUT2D eigenvalue weighted by Gasteiger charge is -2.23. The number of hydrogen-bond acceptors (Lipinski definition) is 4. The van der Waals surface area contributed by atoms with Crippen molar-refractivity contribution in [2.75, 3.05) is 13.2 Å². The maximum absolute atomic E-state index is 12.8. The summed E-state index contributed by atoms with van der Waals surface area (Å²) in [6.07, 6.45) is 7.12. The minimum Gasteiger partial charge on any atom is -0.486 e. The number of aryl methyl sites for hydroxylation is 1. The molecule has 1 N–H and O–H groups in total. The first-order valence-corrected chi connectivity index (χ1v) is 9.37. The van der Waals surface area contributed by atoms with Gasteiger partial charge in [-0.1, -0.05) is 6.07 Å². The third-order valence-corrected chi connectivity index (χ3v) is 5.60. The number of amides is 1. The van der Waals surface area contributed by atoms with E-state index in [-0.39, 0.29) is 17.9 Å². The summed E-state index contributed by atoms with van der Waals surface area (Å²) in [7, 11) is 1.91. The molecule has 2 aromatic rings. The molecule has 6 heteroatoms. The third-order valence-electron chi connectivity index (χ3n) is 5.60. The summed E-state index contributed by atoms with van der Waals surface area (Å²) < 4.78 is 13.1. The zero-order valence-corrected chi connectivity index (χ0v) is 14.9. The van der Waals surface area contributed by atoms with Gasteiger partial charge in [0.1, 0.15) is 13.2 Å². The van der Waals surface area contributed by atoms with Crippen molar-refractivity contribution in [3.05, 3.63) is 41.7 Å². The third kappa shape index (κ3) is 2.93. The van der Waals surface area contributed by atoms with Crippen LogP contribution >= 0.6 is 0 Å². The Hall–Kier alpha value is -2.50. The second kappa shape index (κ2) is 6.04. The number of fused-ring (bicyclic) bond motifs is 1. The fourth-order valence-electron chi connectivity index (χ4n) is 3.90. The van der Waals surface area contributed by atoms with Gasteiger partial charge in [-0.2, -0.15) is 5.10 Å². The molecular weight excluding hydrogens is 330 g/mol. The van der Waals surface area contributed by atoms with Gasteiger partial charge < -0.3 is 14.8 Å². The summed E-state index contributed by atoms with van der Waals surface area (Å²) in [4.78, 5) is 12.8. The SMILES string of the molecule is Cn1cc(C2CC2C(=O)NC(c2ccc3c(c2)OCCO3)C2CC2)cn1. The van der Waals surface area contributed by atoms with E-state index in [9.17, 15) is 4.79 Å². The van der Waals surface area contributed by atoms with E-state index in [0.29, 0.717) is 25.0 Å². The van der Waals surface area contributed by atoms with Gasteiger partial charge in [0.25, 0.3) is 0 Å². The van der Waals surface area contributed by atoms with Crippen LogP contribution in [-0.2, 0) is 11.8 Å². The Kier molecular flexibility index (Phi) is 3.65. The van der Waals surface area contributed by atoms with Gasteiger partial charge in [0.05, 0.1) is 12.2 Å². The molecule has 6 nitrogen and oxygen atoms in total. The highest BCUT2D eigenvalue weighted by molar-refractivity contribution is 5.83. The van der Waals surface area contributed by atoms with Crippen LogP contribution in [0, 0.1) is 11.8 Å². The average molecular weight is 353 g/mol. The van der Waals surface area contributed by atoms with E-state index in [1.54, 1.807) is 4.68 Å². The monoisotopic (exact) mass is 353 g/mol. The van der Waals surface area contributed by atoms with Crippen LogP contribution < -0.4 is 14.8 Å². The van der Waals surface area contributed by atoms with Gasteiger partial charge in [0, 0.05) is 19.2 Å². The molecule has 1 aromatic carbocycles. The number of rotatable bonds is 5. The number of benzene rings is 1. The Balaban J connectivity index is 1.30. The molecule has 0 radical (unpaired) electrons. The maximum Gasteiger partial charge on any atom is 0.224 e. The highest BCUT2D eigenvalue weighted by Gasteiger charge is 2.46. The highest BCUT2D eigenvalue weighted by atomic mass is 16.6. The zero-order chi connectivity index (χ0) is 17.7. The molecule has 5 rings (SSSR count). The zero-order valence-electron chi connectivity index (χ0n) is 14.9. The Labute approximate surface area is 152 Å². The Morgan fingerprint density at radius 1 is 1.27 bits per heavy atom. The van der Waals surface area contributed by atoms with E-state index in [2.05, 4.69) is 16.5 Å². The number of carbonyl (C=O) groups excluding carboxylic acids is 1. The molecule has 1 aliphatic heterocycles. The van der Waals surface area contributed by atoms with E-state index < -0.39 is 0 Å². The van der Waals surface area contributed by atoms with Crippen LogP contribution in [0.25, 0.3) is 0 Å². The van der Waals surface area contributed by atoms with E-state index in [4.69, 9.17) is 9.47 Å². The number of carbonyl (C=O) groups is 1. The Morgan fingerprint density at radius 2 is 2.08 bits per heavy atom. The quantitative estimate of drug-likeness (QED) is 0.897.